The predicted molar refractivity (Wildman–Crippen MR) is 67.2 cm³/mol. The standard InChI is InChI=1S/C10H6F2N2O2S2/c11-5-1-4(2-6(12)8(5)15)3-7-9(16)14(13)10(17)18-7/h1-3,15H,13H2. The van der Waals surface area contributed by atoms with Crippen LogP contribution in [0.1, 0.15) is 5.56 Å². The summed E-state index contributed by atoms with van der Waals surface area (Å²) in [5.41, 5.74) is 0.0942. The number of thioether (sulfide) groups is 1. The van der Waals surface area contributed by atoms with E-state index in [1.165, 1.54) is 6.08 Å². The van der Waals surface area contributed by atoms with E-state index in [-0.39, 0.29) is 14.8 Å². The van der Waals surface area contributed by atoms with Crippen LogP contribution < -0.4 is 5.84 Å². The molecule has 1 aliphatic heterocycles. The zero-order chi connectivity index (χ0) is 13.4. The van der Waals surface area contributed by atoms with Gasteiger partial charge in [0.1, 0.15) is 0 Å². The topological polar surface area (TPSA) is 66.6 Å². The molecule has 1 aromatic carbocycles. The number of hydrazine groups is 1. The molecule has 0 spiro atoms. The number of hydrogen-bond acceptors (Lipinski definition) is 5. The van der Waals surface area contributed by atoms with Crippen LogP contribution in [0, 0.1) is 11.6 Å². The third kappa shape index (κ3) is 2.22. The van der Waals surface area contributed by atoms with Crippen LogP contribution >= 0.6 is 24.0 Å². The van der Waals surface area contributed by atoms with Crippen LogP contribution in [0.15, 0.2) is 17.0 Å². The monoisotopic (exact) mass is 288 g/mol. The Morgan fingerprint density at radius 2 is 1.94 bits per heavy atom. The molecule has 2 rings (SSSR count). The van der Waals surface area contributed by atoms with E-state index in [1.807, 2.05) is 0 Å². The Bertz CT molecular complexity index is 566. The largest absolute Gasteiger partial charge is 0.503 e. The van der Waals surface area contributed by atoms with Crippen molar-refractivity contribution < 1.29 is 18.7 Å². The molecule has 4 nitrogen and oxygen atoms in total. The molecule has 1 fully saturated rings. The first-order valence-electron chi connectivity index (χ1n) is 4.61. The molecule has 1 saturated heterocycles. The van der Waals surface area contributed by atoms with E-state index in [2.05, 4.69) is 0 Å². The zero-order valence-electron chi connectivity index (χ0n) is 8.68. The van der Waals surface area contributed by atoms with Gasteiger partial charge in [-0.25, -0.2) is 19.6 Å². The normalized spacial score (nSPS) is 17.9. The molecule has 0 bridgehead atoms. The number of phenols is 1. The number of aromatic hydroxyl groups is 1. The number of benzene rings is 1. The highest BCUT2D eigenvalue weighted by Gasteiger charge is 2.29. The van der Waals surface area contributed by atoms with Crippen LogP contribution in [0.5, 0.6) is 5.75 Å². The number of amides is 1. The quantitative estimate of drug-likeness (QED) is 0.357. The van der Waals surface area contributed by atoms with E-state index in [0.29, 0.717) is 0 Å². The molecular weight excluding hydrogens is 282 g/mol. The average molecular weight is 288 g/mol. The summed E-state index contributed by atoms with van der Waals surface area (Å²) in [6, 6.07) is 1.81. The van der Waals surface area contributed by atoms with Gasteiger partial charge in [-0.15, -0.1) is 0 Å². The second-order valence-electron chi connectivity index (χ2n) is 3.38. The second-order valence-corrected chi connectivity index (χ2v) is 5.06. The molecule has 1 amide bonds. The number of nitrogens with zero attached hydrogens (tertiary/aromatic N) is 1. The Hall–Kier alpha value is -1.51. The van der Waals surface area contributed by atoms with E-state index in [1.54, 1.807) is 0 Å². The first kappa shape index (κ1) is 12.9. The van der Waals surface area contributed by atoms with Gasteiger partial charge < -0.3 is 5.11 Å². The summed E-state index contributed by atoms with van der Waals surface area (Å²) in [5.74, 6) is 1.53. The van der Waals surface area contributed by atoms with E-state index >= 15 is 0 Å². The van der Waals surface area contributed by atoms with Crippen molar-refractivity contribution >= 4 is 40.3 Å². The summed E-state index contributed by atoms with van der Waals surface area (Å²) in [6.45, 7) is 0. The molecule has 1 heterocycles. The van der Waals surface area contributed by atoms with E-state index < -0.39 is 23.3 Å². The van der Waals surface area contributed by atoms with Crippen LogP contribution in [0.3, 0.4) is 0 Å². The van der Waals surface area contributed by atoms with Gasteiger partial charge in [-0.05, 0) is 23.8 Å². The molecule has 8 heteroatoms. The van der Waals surface area contributed by atoms with Gasteiger partial charge in [0.15, 0.2) is 21.7 Å². The number of rotatable bonds is 1. The summed E-state index contributed by atoms with van der Waals surface area (Å²) in [6.07, 6.45) is 1.25. The molecule has 0 unspecified atom stereocenters. The first-order valence-corrected chi connectivity index (χ1v) is 5.83. The molecule has 0 aromatic heterocycles. The third-order valence-corrected chi connectivity index (χ3v) is 3.49. The fourth-order valence-electron chi connectivity index (χ4n) is 1.30. The van der Waals surface area contributed by atoms with E-state index in [0.717, 1.165) is 28.9 Å². The Kier molecular flexibility index (Phi) is 3.33. The number of carbonyl (C=O) groups is 1. The number of nitrogens with two attached hydrogens (primary N) is 1. The van der Waals surface area contributed by atoms with Crippen molar-refractivity contribution in [2.45, 2.75) is 0 Å². The number of halogens is 2. The van der Waals surface area contributed by atoms with Gasteiger partial charge in [0, 0.05) is 0 Å². The lowest BCUT2D eigenvalue weighted by Gasteiger charge is -2.03. The maximum Gasteiger partial charge on any atom is 0.280 e. The molecule has 0 atom stereocenters. The highest BCUT2D eigenvalue weighted by molar-refractivity contribution is 8.26. The third-order valence-electron chi connectivity index (χ3n) is 2.16. The Labute approximate surface area is 110 Å². The lowest BCUT2D eigenvalue weighted by molar-refractivity contribution is -0.122. The van der Waals surface area contributed by atoms with Crippen molar-refractivity contribution in [1.29, 1.82) is 0 Å². The van der Waals surface area contributed by atoms with Gasteiger partial charge in [-0.3, -0.25) is 4.79 Å². The van der Waals surface area contributed by atoms with Crippen LogP contribution in [-0.4, -0.2) is 20.3 Å². The molecule has 94 valence electrons. The summed E-state index contributed by atoms with van der Waals surface area (Å²) < 4.78 is 26.3. The van der Waals surface area contributed by atoms with E-state index in [9.17, 15) is 13.6 Å². The number of carbonyl (C=O) groups excluding carboxylic acids is 1. The summed E-state index contributed by atoms with van der Waals surface area (Å²) in [5, 5.41) is 9.71. The molecular formula is C10H6F2N2O2S2. The fourth-order valence-corrected chi connectivity index (χ4v) is 2.40. The van der Waals surface area contributed by atoms with Gasteiger partial charge in [0.2, 0.25) is 0 Å². The molecule has 3 N–H and O–H groups in total. The summed E-state index contributed by atoms with van der Waals surface area (Å²) in [7, 11) is 0. The highest BCUT2D eigenvalue weighted by Crippen LogP contribution is 2.31. The van der Waals surface area contributed by atoms with Gasteiger partial charge in [0.05, 0.1) is 4.91 Å². The van der Waals surface area contributed by atoms with Gasteiger partial charge >= 0.3 is 0 Å². The molecule has 0 radical (unpaired) electrons. The van der Waals surface area contributed by atoms with E-state index in [4.69, 9.17) is 23.2 Å². The fraction of sp³-hybridized carbons (Fsp3) is 0. The minimum absolute atomic E-state index is 0.0942. The molecule has 18 heavy (non-hydrogen) atoms. The van der Waals surface area contributed by atoms with Crippen molar-refractivity contribution in [1.82, 2.24) is 5.01 Å². The van der Waals surface area contributed by atoms with Crippen molar-refractivity contribution in [3.63, 3.8) is 0 Å². The van der Waals surface area contributed by atoms with Crippen LogP contribution in [-0.2, 0) is 4.79 Å². The second kappa shape index (κ2) is 4.63. The zero-order valence-corrected chi connectivity index (χ0v) is 10.3. The van der Waals surface area contributed by atoms with Crippen LogP contribution in [0.2, 0.25) is 0 Å². The summed E-state index contributed by atoms with van der Waals surface area (Å²) in [4.78, 5) is 11.7. The van der Waals surface area contributed by atoms with Crippen LogP contribution in [0.4, 0.5) is 8.78 Å². The van der Waals surface area contributed by atoms with Gasteiger partial charge in [-0.2, -0.15) is 0 Å². The van der Waals surface area contributed by atoms with Crippen molar-refractivity contribution in [2.24, 2.45) is 5.84 Å². The van der Waals surface area contributed by atoms with Crippen molar-refractivity contribution in [2.75, 3.05) is 0 Å². The maximum atomic E-state index is 13.1. The number of phenolic OH excluding ortho intramolecular Hbond substituents is 1. The molecule has 0 saturated carbocycles. The van der Waals surface area contributed by atoms with Crippen molar-refractivity contribution in [3.8, 4) is 5.75 Å². The average Bonchev–Trinajstić information content (AvgIpc) is 2.54. The Morgan fingerprint density at radius 3 is 2.39 bits per heavy atom. The highest BCUT2D eigenvalue weighted by atomic mass is 32.2. The predicted octanol–water partition coefficient (Wildman–Crippen LogP) is 1.75. The lowest BCUT2D eigenvalue weighted by atomic mass is 10.2. The van der Waals surface area contributed by atoms with Crippen molar-refractivity contribution in [3.05, 3.63) is 34.2 Å². The SMILES string of the molecule is NN1C(=O)C(=Cc2cc(F)c(O)c(F)c2)SC1=S. The molecule has 1 aliphatic rings. The maximum absolute atomic E-state index is 13.1. The minimum Gasteiger partial charge on any atom is -0.503 e. The minimum atomic E-state index is -1.11. The Morgan fingerprint density at radius 1 is 1.39 bits per heavy atom. The molecule has 1 aromatic rings. The number of thiocarbonyl (C=S) groups is 1. The summed E-state index contributed by atoms with van der Waals surface area (Å²) >= 11 is 5.73. The lowest BCUT2D eigenvalue weighted by Crippen LogP contribution is -2.34. The smallest absolute Gasteiger partial charge is 0.280 e. The van der Waals surface area contributed by atoms with Gasteiger partial charge in [0.25, 0.3) is 5.91 Å². The molecule has 0 aliphatic carbocycles. The Balaban J connectivity index is 2.40. The van der Waals surface area contributed by atoms with Gasteiger partial charge in [-0.1, -0.05) is 24.0 Å². The first-order chi connectivity index (χ1) is 8.40. The number of hydrogen-bond donors (Lipinski definition) is 2. The van der Waals surface area contributed by atoms with Crippen LogP contribution in [0.25, 0.3) is 6.08 Å².